The van der Waals surface area contributed by atoms with E-state index in [1.165, 1.54) is 6.26 Å². The third-order valence-electron chi connectivity index (χ3n) is 5.46. The van der Waals surface area contributed by atoms with Gasteiger partial charge in [-0.05, 0) is 43.7 Å². The zero-order valence-electron chi connectivity index (χ0n) is 14.8. The van der Waals surface area contributed by atoms with Gasteiger partial charge in [0.1, 0.15) is 11.9 Å². The standard InChI is InChI=1S/C18H26N4O2S/c1-25(23,24)22-10-4-2-3-5-17(22)16-8-11-21(12-9-16)18-7-6-15(13-19)14-20-18/h6-7,14,16-17H,2-5,8-12H2,1H3. The van der Waals surface area contributed by atoms with Crippen LogP contribution in [0.25, 0.3) is 0 Å². The van der Waals surface area contributed by atoms with Crippen LogP contribution in [-0.2, 0) is 10.0 Å². The Morgan fingerprint density at radius 2 is 1.88 bits per heavy atom. The largest absolute Gasteiger partial charge is 0.357 e. The summed E-state index contributed by atoms with van der Waals surface area (Å²) in [6, 6.07) is 5.93. The van der Waals surface area contributed by atoms with Crippen LogP contribution in [-0.4, -0.2) is 49.6 Å². The molecule has 0 amide bonds. The van der Waals surface area contributed by atoms with E-state index in [4.69, 9.17) is 5.26 Å². The van der Waals surface area contributed by atoms with Crippen molar-refractivity contribution in [3.63, 3.8) is 0 Å². The average Bonchev–Trinajstić information content (AvgIpc) is 2.88. The van der Waals surface area contributed by atoms with Gasteiger partial charge in [0.25, 0.3) is 0 Å². The summed E-state index contributed by atoms with van der Waals surface area (Å²) in [5, 5.41) is 8.87. The Kier molecular flexibility index (Phi) is 5.60. The van der Waals surface area contributed by atoms with E-state index in [9.17, 15) is 8.42 Å². The van der Waals surface area contributed by atoms with Gasteiger partial charge in [-0.2, -0.15) is 9.57 Å². The molecule has 3 heterocycles. The third kappa shape index (κ3) is 4.31. The van der Waals surface area contributed by atoms with E-state index < -0.39 is 10.0 Å². The number of hydrogen-bond acceptors (Lipinski definition) is 5. The first kappa shape index (κ1) is 18.2. The number of hydrogen-bond donors (Lipinski definition) is 0. The van der Waals surface area contributed by atoms with Crippen LogP contribution in [0.1, 0.15) is 44.1 Å². The fourth-order valence-electron chi connectivity index (χ4n) is 4.14. The van der Waals surface area contributed by atoms with Crippen LogP contribution in [0.15, 0.2) is 18.3 Å². The zero-order chi connectivity index (χ0) is 17.9. The van der Waals surface area contributed by atoms with Gasteiger partial charge >= 0.3 is 0 Å². The minimum absolute atomic E-state index is 0.147. The summed E-state index contributed by atoms with van der Waals surface area (Å²) in [5.41, 5.74) is 0.570. The smallest absolute Gasteiger partial charge is 0.211 e. The van der Waals surface area contributed by atoms with Crippen LogP contribution >= 0.6 is 0 Å². The summed E-state index contributed by atoms with van der Waals surface area (Å²) in [4.78, 5) is 6.61. The molecule has 1 unspecified atom stereocenters. The van der Waals surface area contributed by atoms with E-state index >= 15 is 0 Å². The number of nitrogens with zero attached hydrogens (tertiary/aromatic N) is 4. The van der Waals surface area contributed by atoms with Gasteiger partial charge in [-0.3, -0.25) is 0 Å². The molecule has 3 rings (SSSR count). The molecular formula is C18H26N4O2S. The highest BCUT2D eigenvalue weighted by molar-refractivity contribution is 7.88. The Morgan fingerprint density at radius 1 is 1.12 bits per heavy atom. The molecule has 7 heteroatoms. The maximum Gasteiger partial charge on any atom is 0.211 e. The van der Waals surface area contributed by atoms with Crippen molar-refractivity contribution in [1.82, 2.24) is 9.29 Å². The van der Waals surface area contributed by atoms with Crippen LogP contribution in [0.5, 0.6) is 0 Å². The molecule has 6 nitrogen and oxygen atoms in total. The maximum atomic E-state index is 12.2. The minimum atomic E-state index is -3.14. The fraction of sp³-hybridized carbons (Fsp3) is 0.667. The second-order valence-electron chi connectivity index (χ2n) is 7.13. The number of anilines is 1. The predicted molar refractivity (Wildman–Crippen MR) is 97.7 cm³/mol. The van der Waals surface area contributed by atoms with Crippen molar-refractivity contribution in [3.05, 3.63) is 23.9 Å². The quantitative estimate of drug-likeness (QED) is 0.825. The monoisotopic (exact) mass is 362 g/mol. The number of nitriles is 1. The Bertz CT molecular complexity index is 718. The summed E-state index contributed by atoms with van der Waals surface area (Å²) in [6.07, 6.45) is 9.12. The molecule has 0 spiro atoms. The van der Waals surface area contributed by atoms with Gasteiger partial charge in [0.15, 0.2) is 0 Å². The molecule has 2 fully saturated rings. The van der Waals surface area contributed by atoms with E-state index in [1.807, 2.05) is 6.07 Å². The topological polar surface area (TPSA) is 77.3 Å². The molecule has 0 saturated carbocycles. The maximum absolute atomic E-state index is 12.2. The molecule has 2 aliphatic heterocycles. The van der Waals surface area contributed by atoms with Gasteiger partial charge in [-0.25, -0.2) is 13.4 Å². The molecule has 2 saturated heterocycles. The highest BCUT2D eigenvalue weighted by Crippen LogP contribution is 2.32. The predicted octanol–water partition coefficient (Wildman–Crippen LogP) is 2.37. The van der Waals surface area contributed by atoms with E-state index in [0.29, 0.717) is 18.0 Å². The molecule has 0 N–H and O–H groups in total. The highest BCUT2D eigenvalue weighted by atomic mass is 32.2. The van der Waals surface area contributed by atoms with Crippen molar-refractivity contribution in [2.45, 2.75) is 44.6 Å². The summed E-state index contributed by atoms with van der Waals surface area (Å²) >= 11 is 0. The van der Waals surface area contributed by atoms with Crippen LogP contribution in [0.3, 0.4) is 0 Å². The van der Waals surface area contributed by atoms with Gasteiger partial charge in [0.05, 0.1) is 11.8 Å². The Balaban J connectivity index is 1.66. The molecule has 136 valence electrons. The first-order valence-corrected chi connectivity index (χ1v) is 10.9. The lowest BCUT2D eigenvalue weighted by atomic mass is 9.87. The second-order valence-corrected chi connectivity index (χ2v) is 9.07. The number of pyridine rings is 1. The lowest BCUT2D eigenvalue weighted by molar-refractivity contribution is 0.206. The summed E-state index contributed by atoms with van der Waals surface area (Å²) < 4.78 is 26.2. The Hall–Kier alpha value is -1.65. The van der Waals surface area contributed by atoms with Gasteiger partial charge < -0.3 is 4.90 Å². The third-order valence-corrected chi connectivity index (χ3v) is 6.76. The van der Waals surface area contributed by atoms with Gasteiger partial charge in [0.2, 0.25) is 10.0 Å². The first-order chi connectivity index (χ1) is 12.0. The zero-order valence-corrected chi connectivity index (χ0v) is 15.6. The van der Waals surface area contributed by atoms with Crippen LogP contribution in [0.2, 0.25) is 0 Å². The van der Waals surface area contributed by atoms with E-state index in [2.05, 4.69) is 16.0 Å². The molecule has 0 radical (unpaired) electrons. The lowest BCUT2D eigenvalue weighted by Crippen LogP contribution is -2.47. The van der Waals surface area contributed by atoms with E-state index in [0.717, 1.165) is 57.4 Å². The molecule has 0 aliphatic carbocycles. The van der Waals surface area contributed by atoms with Crippen molar-refractivity contribution in [3.8, 4) is 6.07 Å². The van der Waals surface area contributed by atoms with Crippen molar-refractivity contribution in [1.29, 1.82) is 5.26 Å². The van der Waals surface area contributed by atoms with Gasteiger partial charge in [0, 0.05) is 31.9 Å². The molecule has 1 atom stereocenters. The molecular weight excluding hydrogens is 336 g/mol. The molecule has 0 bridgehead atoms. The summed E-state index contributed by atoms with van der Waals surface area (Å²) in [6.45, 7) is 2.44. The van der Waals surface area contributed by atoms with Crippen molar-refractivity contribution in [2.75, 3.05) is 30.8 Å². The van der Waals surface area contributed by atoms with Crippen LogP contribution in [0.4, 0.5) is 5.82 Å². The minimum Gasteiger partial charge on any atom is -0.357 e. The fourth-order valence-corrected chi connectivity index (χ4v) is 5.37. The second kappa shape index (κ2) is 7.71. The summed E-state index contributed by atoms with van der Waals surface area (Å²) in [7, 11) is -3.14. The molecule has 1 aromatic heterocycles. The van der Waals surface area contributed by atoms with Crippen LogP contribution < -0.4 is 4.90 Å². The molecule has 0 aromatic carbocycles. The Morgan fingerprint density at radius 3 is 2.48 bits per heavy atom. The van der Waals surface area contributed by atoms with Gasteiger partial charge in [-0.1, -0.05) is 12.8 Å². The molecule has 25 heavy (non-hydrogen) atoms. The van der Waals surface area contributed by atoms with Gasteiger partial charge in [-0.15, -0.1) is 0 Å². The van der Waals surface area contributed by atoms with Crippen LogP contribution in [0, 0.1) is 17.2 Å². The molecule has 2 aliphatic rings. The SMILES string of the molecule is CS(=O)(=O)N1CCCCCC1C1CCN(c2ccc(C#N)cn2)CC1. The lowest BCUT2D eigenvalue weighted by Gasteiger charge is -2.40. The number of sulfonamides is 1. The normalized spacial score (nSPS) is 23.8. The number of rotatable bonds is 3. The van der Waals surface area contributed by atoms with E-state index in [-0.39, 0.29) is 6.04 Å². The number of piperidine rings is 1. The van der Waals surface area contributed by atoms with E-state index in [1.54, 1.807) is 16.6 Å². The first-order valence-electron chi connectivity index (χ1n) is 9.07. The summed E-state index contributed by atoms with van der Waals surface area (Å²) in [5.74, 6) is 1.32. The van der Waals surface area contributed by atoms with Crippen molar-refractivity contribution in [2.24, 2.45) is 5.92 Å². The highest BCUT2D eigenvalue weighted by Gasteiger charge is 2.35. The van der Waals surface area contributed by atoms with Crippen molar-refractivity contribution >= 4 is 15.8 Å². The Labute approximate surface area is 150 Å². The van der Waals surface area contributed by atoms with Crippen molar-refractivity contribution < 1.29 is 8.42 Å². The molecule has 1 aromatic rings. The number of aromatic nitrogens is 1. The average molecular weight is 362 g/mol.